The van der Waals surface area contributed by atoms with Crippen molar-refractivity contribution in [3.05, 3.63) is 46.0 Å². The highest BCUT2D eigenvalue weighted by Gasteiger charge is 2.21. The van der Waals surface area contributed by atoms with Gasteiger partial charge in [0, 0.05) is 19.2 Å². The Labute approximate surface area is 105 Å². The fourth-order valence-corrected chi connectivity index (χ4v) is 2.07. The Kier molecular flexibility index (Phi) is 3.62. The molecule has 1 N–H and O–H groups in total. The van der Waals surface area contributed by atoms with Crippen LogP contribution in [0.1, 0.15) is 25.0 Å². The summed E-state index contributed by atoms with van der Waals surface area (Å²) >= 11 is 0. The van der Waals surface area contributed by atoms with Crippen molar-refractivity contribution in [2.24, 2.45) is 0 Å². The van der Waals surface area contributed by atoms with Crippen LogP contribution in [-0.4, -0.2) is 23.1 Å². The third-order valence-corrected chi connectivity index (χ3v) is 3.08. The molecule has 96 valence electrons. The normalized spacial score (nSPS) is 16.7. The highest BCUT2D eigenvalue weighted by molar-refractivity contribution is 5.65. The number of nitro groups is 1. The van der Waals surface area contributed by atoms with Crippen LogP contribution in [0.4, 0.5) is 11.4 Å². The lowest BCUT2D eigenvalue weighted by molar-refractivity contribution is -0.384. The number of hydrogen-bond donors (Lipinski definition) is 1. The molecule has 1 aromatic carbocycles. The topological polar surface area (TPSA) is 66.6 Å². The fourth-order valence-electron chi connectivity index (χ4n) is 2.07. The van der Waals surface area contributed by atoms with Gasteiger partial charge in [-0.1, -0.05) is 18.2 Å². The highest BCUT2D eigenvalue weighted by atomic mass is 16.6. The maximum absolute atomic E-state index is 11.1. The van der Waals surface area contributed by atoms with Crippen LogP contribution in [0.25, 0.3) is 0 Å². The van der Waals surface area contributed by atoms with Gasteiger partial charge in [-0.15, -0.1) is 0 Å². The molecule has 0 spiro atoms. The highest BCUT2D eigenvalue weighted by Crippen LogP contribution is 2.31. The van der Waals surface area contributed by atoms with Crippen molar-refractivity contribution in [3.8, 4) is 0 Å². The zero-order valence-electron chi connectivity index (χ0n) is 10.2. The molecule has 0 radical (unpaired) electrons. The number of anilines is 1. The first-order chi connectivity index (χ1) is 8.59. The van der Waals surface area contributed by atoms with Gasteiger partial charge in [0.25, 0.3) is 5.69 Å². The van der Waals surface area contributed by atoms with E-state index >= 15 is 0 Å². The Bertz CT molecular complexity index is 483. The average Bonchev–Trinajstić information content (AvgIpc) is 2.39. The van der Waals surface area contributed by atoms with Gasteiger partial charge in [0.05, 0.1) is 11.0 Å². The number of aliphatic hydroxyl groups is 1. The molecule has 1 heterocycles. The quantitative estimate of drug-likeness (QED) is 0.506. The summed E-state index contributed by atoms with van der Waals surface area (Å²) < 4.78 is 0. The Balaban J connectivity index is 2.40. The van der Waals surface area contributed by atoms with E-state index in [0.717, 1.165) is 13.0 Å². The van der Waals surface area contributed by atoms with Crippen molar-refractivity contribution in [1.82, 2.24) is 0 Å². The van der Waals surface area contributed by atoms with Gasteiger partial charge in [0.1, 0.15) is 5.69 Å². The van der Waals surface area contributed by atoms with Crippen molar-refractivity contribution < 1.29 is 10.0 Å². The molecule has 0 saturated carbocycles. The molecule has 1 aromatic rings. The first-order valence-electron chi connectivity index (χ1n) is 5.96. The molecular weight excluding hydrogens is 232 g/mol. The SMILES string of the molecule is C[C@@H](O)c1ccc(N2CC=CCC2)c([N+](=O)[O-])c1. The molecule has 5 heteroatoms. The molecule has 0 fully saturated rings. The van der Waals surface area contributed by atoms with E-state index in [9.17, 15) is 15.2 Å². The largest absolute Gasteiger partial charge is 0.389 e. The fraction of sp³-hybridized carbons (Fsp3) is 0.385. The van der Waals surface area contributed by atoms with E-state index in [1.54, 1.807) is 19.1 Å². The van der Waals surface area contributed by atoms with Gasteiger partial charge in [-0.25, -0.2) is 0 Å². The standard InChI is InChI=1S/C13H16N2O3/c1-10(16)11-5-6-12(13(9-11)15(17)18)14-7-3-2-4-8-14/h2-3,5-6,9-10,16H,4,7-8H2,1H3/t10-/m1/s1. The molecule has 1 atom stereocenters. The maximum atomic E-state index is 11.1. The number of aliphatic hydroxyl groups excluding tert-OH is 1. The minimum Gasteiger partial charge on any atom is -0.389 e. The van der Waals surface area contributed by atoms with Crippen LogP contribution in [0.15, 0.2) is 30.4 Å². The third kappa shape index (κ3) is 2.51. The molecule has 1 aliphatic rings. The predicted octanol–water partition coefficient (Wildman–Crippen LogP) is 2.41. The van der Waals surface area contributed by atoms with E-state index < -0.39 is 6.10 Å². The molecule has 5 nitrogen and oxygen atoms in total. The van der Waals surface area contributed by atoms with Crippen LogP contribution in [0, 0.1) is 10.1 Å². The van der Waals surface area contributed by atoms with Crippen LogP contribution in [0.3, 0.4) is 0 Å². The van der Waals surface area contributed by atoms with Gasteiger partial charge in [-0.2, -0.15) is 0 Å². The van der Waals surface area contributed by atoms with Crippen molar-refractivity contribution in [2.45, 2.75) is 19.4 Å². The lowest BCUT2D eigenvalue weighted by Crippen LogP contribution is -2.27. The predicted molar refractivity (Wildman–Crippen MR) is 69.7 cm³/mol. The Morgan fingerprint density at radius 3 is 2.78 bits per heavy atom. The van der Waals surface area contributed by atoms with Crippen molar-refractivity contribution in [1.29, 1.82) is 0 Å². The van der Waals surface area contributed by atoms with Crippen molar-refractivity contribution in [2.75, 3.05) is 18.0 Å². The van der Waals surface area contributed by atoms with Crippen LogP contribution < -0.4 is 4.90 Å². The Hall–Kier alpha value is -1.88. The molecule has 2 rings (SSSR count). The summed E-state index contributed by atoms with van der Waals surface area (Å²) in [6.07, 6.45) is 4.29. The second-order valence-corrected chi connectivity index (χ2v) is 4.39. The Morgan fingerprint density at radius 1 is 1.44 bits per heavy atom. The van der Waals surface area contributed by atoms with Gasteiger partial charge >= 0.3 is 0 Å². The van der Waals surface area contributed by atoms with Crippen LogP contribution in [0.2, 0.25) is 0 Å². The van der Waals surface area contributed by atoms with Crippen LogP contribution >= 0.6 is 0 Å². The summed E-state index contributed by atoms with van der Waals surface area (Å²) in [6.45, 7) is 3.07. The van der Waals surface area contributed by atoms with Gasteiger partial charge in [-0.05, 0) is 25.0 Å². The number of rotatable bonds is 3. The molecule has 0 aromatic heterocycles. The molecule has 1 aliphatic heterocycles. The lowest BCUT2D eigenvalue weighted by Gasteiger charge is -2.25. The van der Waals surface area contributed by atoms with E-state index in [1.165, 1.54) is 6.07 Å². The van der Waals surface area contributed by atoms with Crippen LogP contribution in [0.5, 0.6) is 0 Å². The van der Waals surface area contributed by atoms with Gasteiger partial charge in [-0.3, -0.25) is 10.1 Å². The second-order valence-electron chi connectivity index (χ2n) is 4.39. The molecule has 0 bridgehead atoms. The van der Waals surface area contributed by atoms with E-state index in [1.807, 2.05) is 11.0 Å². The van der Waals surface area contributed by atoms with Gasteiger partial charge in [0.15, 0.2) is 0 Å². The molecule has 0 saturated heterocycles. The molecule has 0 unspecified atom stereocenters. The van der Waals surface area contributed by atoms with E-state index in [-0.39, 0.29) is 10.6 Å². The lowest BCUT2D eigenvalue weighted by atomic mass is 10.1. The second kappa shape index (κ2) is 5.18. The summed E-state index contributed by atoms with van der Waals surface area (Å²) in [5.74, 6) is 0. The third-order valence-electron chi connectivity index (χ3n) is 3.08. The van der Waals surface area contributed by atoms with Crippen LogP contribution in [-0.2, 0) is 0 Å². The summed E-state index contributed by atoms with van der Waals surface area (Å²) in [5, 5.41) is 20.6. The van der Waals surface area contributed by atoms with Gasteiger partial charge < -0.3 is 10.0 Å². The first kappa shape index (κ1) is 12.6. The number of benzene rings is 1. The molecular formula is C13H16N2O3. The minimum absolute atomic E-state index is 0.0590. The van der Waals surface area contributed by atoms with Gasteiger partial charge in [0.2, 0.25) is 0 Å². The van der Waals surface area contributed by atoms with E-state index in [2.05, 4.69) is 6.08 Å². The maximum Gasteiger partial charge on any atom is 0.292 e. The summed E-state index contributed by atoms with van der Waals surface area (Å²) in [5.41, 5.74) is 1.25. The van der Waals surface area contributed by atoms with E-state index in [4.69, 9.17) is 0 Å². The number of hydrogen-bond acceptors (Lipinski definition) is 4. The van der Waals surface area contributed by atoms with E-state index in [0.29, 0.717) is 17.8 Å². The van der Waals surface area contributed by atoms with Crippen molar-refractivity contribution >= 4 is 11.4 Å². The van der Waals surface area contributed by atoms with Crippen molar-refractivity contribution in [3.63, 3.8) is 0 Å². The Morgan fingerprint density at radius 2 is 2.22 bits per heavy atom. The molecule has 0 amide bonds. The number of nitro benzene ring substituents is 1. The number of nitrogens with zero attached hydrogens (tertiary/aromatic N) is 2. The first-order valence-corrected chi connectivity index (χ1v) is 5.96. The zero-order chi connectivity index (χ0) is 13.1. The zero-order valence-corrected chi connectivity index (χ0v) is 10.2. The minimum atomic E-state index is -0.695. The monoisotopic (exact) mass is 248 g/mol. The smallest absolute Gasteiger partial charge is 0.292 e. The molecule has 0 aliphatic carbocycles. The average molecular weight is 248 g/mol. The summed E-state index contributed by atoms with van der Waals surface area (Å²) in [6, 6.07) is 4.92. The summed E-state index contributed by atoms with van der Waals surface area (Å²) in [7, 11) is 0. The summed E-state index contributed by atoms with van der Waals surface area (Å²) in [4.78, 5) is 12.7. The molecule has 18 heavy (non-hydrogen) atoms.